The average Bonchev–Trinajstić information content (AvgIpc) is 3.03. The summed E-state index contributed by atoms with van der Waals surface area (Å²) in [6.45, 7) is 0.567. The predicted molar refractivity (Wildman–Crippen MR) is 82.9 cm³/mol. The molecule has 0 unspecified atom stereocenters. The molecule has 0 bridgehead atoms. The van der Waals surface area contributed by atoms with Crippen LogP contribution in [0.1, 0.15) is 5.56 Å². The van der Waals surface area contributed by atoms with Crippen molar-refractivity contribution in [1.82, 2.24) is 20.0 Å². The van der Waals surface area contributed by atoms with Gasteiger partial charge >= 0.3 is 0 Å². The fraction of sp³-hybridized carbons (Fsp3) is 0.0714. The molecule has 5 nitrogen and oxygen atoms in total. The molecule has 0 aliphatic rings. The molecule has 106 valence electrons. The van der Waals surface area contributed by atoms with E-state index in [1.54, 1.807) is 12.3 Å². The summed E-state index contributed by atoms with van der Waals surface area (Å²) in [4.78, 5) is 0. The third kappa shape index (κ3) is 3.15. The summed E-state index contributed by atoms with van der Waals surface area (Å²) in [6, 6.07) is 11.5. The number of hydrogen-bond donors (Lipinski definition) is 1. The highest BCUT2D eigenvalue weighted by Crippen LogP contribution is 2.22. The Morgan fingerprint density at radius 2 is 1.95 bits per heavy atom. The number of halogens is 2. The second-order valence-electron chi connectivity index (χ2n) is 4.30. The summed E-state index contributed by atoms with van der Waals surface area (Å²) in [6.07, 6.45) is 3.64. The van der Waals surface area contributed by atoms with Gasteiger partial charge in [-0.15, -0.1) is 10.2 Å². The van der Waals surface area contributed by atoms with Crippen LogP contribution in [0.3, 0.4) is 0 Å². The molecular weight excluding hydrogens is 309 g/mol. The Kier molecular flexibility index (Phi) is 4.03. The van der Waals surface area contributed by atoms with Crippen LogP contribution in [0.2, 0.25) is 10.3 Å². The van der Waals surface area contributed by atoms with E-state index < -0.39 is 0 Å². The normalized spacial score (nSPS) is 10.6. The molecule has 3 aromatic rings. The molecule has 21 heavy (non-hydrogen) atoms. The number of benzene rings is 1. The monoisotopic (exact) mass is 319 g/mol. The van der Waals surface area contributed by atoms with E-state index >= 15 is 0 Å². The van der Waals surface area contributed by atoms with Crippen LogP contribution in [0.4, 0.5) is 5.69 Å². The van der Waals surface area contributed by atoms with Crippen LogP contribution >= 0.6 is 23.2 Å². The summed E-state index contributed by atoms with van der Waals surface area (Å²) in [7, 11) is 0. The summed E-state index contributed by atoms with van der Waals surface area (Å²) >= 11 is 11.8. The van der Waals surface area contributed by atoms with Crippen LogP contribution in [-0.2, 0) is 6.54 Å². The molecule has 1 N–H and O–H groups in total. The summed E-state index contributed by atoms with van der Waals surface area (Å²) in [5, 5.41) is 15.5. The van der Waals surface area contributed by atoms with Crippen molar-refractivity contribution < 1.29 is 0 Å². The van der Waals surface area contributed by atoms with Gasteiger partial charge < -0.3 is 5.32 Å². The number of aromatic nitrogens is 4. The number of anilines is 1. The summed E-state index contributed by atoms with van der Waals surface area (Å²) in [5.41, 5.74) is 2.72. The molecule has 0 saturated carbocycles. The smallest absolute Gasteiger partial charge is 0.174 e. The standard InChI is InChI=1S/C14H11Cl2N5/c15-13-8-11(14(16)20-19-13)17-9-10-4-1-2-5-12(10)21-7-3-6-18-21/h1-8H,9H2,(H,17,19). The fourth-order valence-electron chi connectivity index (χ4n) is 1.96. The largest absolute Gasteiger partial charge is 0.378 e. The van der Waals surface area contributed by atoms with E-state index in [9.17, 15) is 0 Å². The van der Waals surface area contributed by atoms with Gasteiger partial charge in [0.05, 0.1) is 11.4 Å². The molecular formula is C14H11Cl2N5. The number of hydrogen-bond acceptors (Lipinski definition) is 4. The van der Waals surface area contributed by atoms with Crippen LogP contribution in [0.25, 0.3) is 5.69 Å². The average molecular weight is 320 g/mol. The van der Waals surface area contributed by atoms with Gasteiger partial charge in [-0.2, -0.15) is 5.10 Å². The van der Waals surface area contributed by atoms with Crippen molar-refractivity contribution in [3.63, 3.8) is 0 Å². The number of para-hydroxylation sites is 1. The first-order valence-electron chi connectivity index (χ1n) is 6.24. The highest BCUT2D eigenvalue weighted by Gasteiger charge is 2.07. The van der Waals surface area contributed by atoms with Crippen molar-refractivity contribution in [1.29, 1.82) is 0 Å². The lowest BCUT2D eigenvalue weighted by atomic mass is 10.1. The molecule has 0 saturated heterocycles. The van der Waals surface area contributed by atoms with Crippen LogP contribution in [0.15, 0.2) is 48.8 Å². The molecule has 7 heteroatoms. The Morgan fingerprint density at radius 1 is 1.10 bits per heavy atom. The first-order valence-corrected chi connectivity index (χ1v) is 7.00. The minimum Gasteiger partial charge on any atom is -0.378 e. The van der Waals surface area contributed by atoms with E-state index in [0.29, 0.717) is 17.4 Å². The molecule has 1 aromatic carbocycles. The molecule has 0 radical (unpaired) electrons. The molecule has 2 aromatic heterocycles. The lowest BCUT2D eigenvalue weighted by Gasteiger charge is -2.12. The van der Waals surface area contributed by atoms with Crippen molar-refractivity contribution in [2.75, 3.05) is 5.32 Å². The molecule has 0 aliphatic carbocycles. The lowest BCUT2D eigenvalue weighted by Crippen LogP contribution is -2.06. The van der Waals surface area contributed by atoms with Crippen LogP contribution in [0.5, 0.6) is 0 Å². The molecule has 3 rings (SSSR count). The molecule has 0 amide bonds. The number of nitrogens with zero attached hydrogens (tertiary/aromatic N) is 4. The fourth-order valence-corrected chi connectivity index (χ4v) is 2.27. The molecule has 0 spiro atoms. The SMILES string of the molecule is Clc1cc(NCc2ccccc2-n2cccn2)c(Cl)nn1. The van der Waals surface area contributed by atoms with Crippen LogP contribution in [-0.4, -0.2) is 20.0 Å². The van der Waals surface area contributed by atoms with Crippen molar-refractivity contribution >= 4 is 28.9 Å². The van der Waals surface area contributed by atoms with Crippen molar-refractivity contribution in [3.05, 3.63) is 64.7 Å². The summed E-state index contributed by atoms with van der Waals surface area (Å²) < 4.78 is 1.82. The quantitative estimate of drug-likeness (QED) is 0.798. The van der Waals surface area contributed by atoms with Crippen LogP contribution in [0, 0.1) is 0 Å². The van der Waals surface area contributed by atoms with Crippen molar-refractivity contribution in [2.45, 2.75) is 6.54 Å². The van der Waals surface area contributed by atoms with Gasteiger partial charge in [0, 0.05) is 25.0 Å². The van der Waals surface area contributed by atoms with E-state index in [0.717, 1.165) is 11.3 Å². The second-order valence-corrected chi connectivity index (χ2v) is 5.05. The summed E-state index contributed by atoms with van der Waals surface area (Å²) in [5.74, 6) is 0. The third-order valence-corrected chi connectivity index (χ3v) is 3.40. The predicted octanol–water partition coefficient (Wildman–Crippen LogP) is 3.58. The number of nitrogens with one attached hydrogen (secondary N) is 1. The van der Waals surface area contributed by atoms with Gasteiger partial charge in [-0.1, -0.05) is 41.4 Å². The zero-order chi connectivity index (χ0) is 14.7. The minimum atomic E-state index is 0.288. The van der Waals surface area contributed by atoms with Crippen molar-refractivity contribution in [3.8, 4) is 5.69 Å². The van der Waals surface area contributed by atoms with E-state index in [2.05, 4.69) is 20.6 Å². The third-order valence-electron chi connectivity index (χ3n) is 2.93. The van der Waals surface area contributed by atoms with Gasteiger partial charge in [0.2, 0.25) is 0 Å². The molecule has 0 atom stereocenters. The van der Waals surface area contributed by atoms with Gasteiger partial charge in [0.25, 0.3) is 0 Å². The van der Waals surface area contributed by atoms with E-state index in [4.69, 9.17) is 23.2 Å². The van der Waals surface area contributed by atoms with Crippen molar-refractivity contribution in [2.24, 2.45) is 0 Å². The Balaban J connectivity index is 1.84. The topological polar surface area (TPSA) is 55.6 Å². The maximum atomic E-state index is 5.99. The van der Waals surface area contributed by atoms with Crippen LogP contribution < -0.4 is 5.32 Å². The zero-order valence-corrected chi connectivity index (χ0v) is 12.4. The molecule has 0 aliphatic heterocycles. The Hall–Kier alpha value is -2.11. The molecule has 2 heterocycles. The van der Waals surface area contributed by atoms with Gasteiger partial charge in [0.15, 0.2) is 10.3 Å². The first kappa shape index (κ1) is 13.9. The van der Waals surface area contributed by atoms with Gasteiger partial charge in [-0.05, 0) is 17.7 Å². The Labute approximate surface area is 131 Å². The second kappa shape index (κ2) is 6.11. The van der Waals surface area contributed by atoms with E-state index in [-0.39, 0.29) is 5.15 Å². The molecule has 0 fully saturated rings. The minimum absolute atomic E-state index is 0.288. The van der Waals surface area contributed by atoms with E-state index in [1.165, 1.54) is 0 Å². The number of rotatable bonds is 4. The van der Waals surface area contributed by atoms with Gasteiger partial charge in [-0.3, -0.25) is 0 Å². The highest BCUT2D eigenvalue weighted by molar-refractivity contribution is 6.33. The highest BCUT2D eigenvalue weighted by atomic mass is 35.5. The maximum absolute atomic E-state index is 5.99. The first-order chi connectivity index (χ1) is 10.2. The van der Waals surface area contributed by atoms with E-state index in [1.807, 2.05) is 41.2 Å². The van der Waals surface area contributed by atoms with Gasteiger partial charge in [-0.25, -0.2) is 4.68 Å². The lowest BCUT2D eigenvalue weighted by molar-refractivity contribution is 0.863. The maximum Gasteiger partial charge on any atom is 0.174 e. The Morgan fingerprint density at radius 3 is 2.76 bits per heavy atom. The zero-order valence-electron chi connectivity index (χ0n) is 10.9. The van der Waals surface area contributed by atoms with Gasteiger partial charge in [0.1, 0.15) is 0 Å². The Bertz CT molecular complexity index is 743.